The van der Waals surface area contributed by atoms with Gasteiger partial charge in [-0.3, -0.25) is 9.59 Å². The number of hydrogen-bond acceptors (Lipinski definition) is 4. The fraction of sp³-hybridized carbons (Fsp3) is 0.524. The highest BCUT2D eigenvalue weighted by Gasteiger charge is 2.10. The van der Waals surface area contributed by atoms with Gasteiger partial charge in [0.2, 0.25) is 5.91 Å². The number of rotatable bonds is 7. The van der Waals surface area contributed by atoms with Gasteiger partial charge < -0.3 is 14.8 Å². The fourth-order valence-electron chi connectivity index (χ4n) is 3.58. The molecule has 0 atom stereocenters. The van der Waals surface area contributed by atoms with Crippen LogP contribution in [0.3, 0.4) is 0 Å². The normalized spacial score (nSPS) is 15.6. The maximum atomic E-state index is 12.2. The molecule has 0 spiro atoms. The molecule has 146 valence electrons. The minimum absolute atomic E-state index is 0.0284. The van der Waals surface area contributed by atoms with Gasteiger partial charge in [0.05, 0.1) is 11.3 Å². The highest BCUT2D eigenvalue weighted by Crippen LogP contribution is 2.25. The molecule has 1 amide bonds. The summed E-state index contributed by atoms with van der Waals surface area (Å²) in [5.74, 6) is 0.363. The third-order valence-electron chi connectivity index (χ3n) is 5.15. The van der Waals surface area contributed by atoms with Gasteiger partial charge in [-0.25, -0.2) is 0 Å². The number of pyridine rings is 1. The Bertz CT molecular complexity index is 826. The number of likely N-dealkylation sites (tertiary alicyclic amines) is 1. The van der Waals surface area contributed by atoms with E-state index in [9.17, 15) is 9.59 Å². The number of fused-ring (bicyclic) bond motifs is 1. The van der Waals surface area contributed by atoms with Gasteiger partial charge in [0, 0.05) is 29.9 Å². The predicted octanol–water partition coefficient (Wildman–Crippen LogP) is 3.01. The van der Waals surface area contributed by atoms with Crippen molar-refractivity contribution in [1.29, 1.82) is 0 Å². The Kier molecular flexibility index (Phi) is 7.35. The lowest BCUT2D eigenvalue weighted by Crippen LogP contribution is -2.31. The SMILES string of the molecule is Cn1c(=O)cc(SCC(=O)NCCCN2CCCCCC2)c2ccccc21. The minimum atomic E-state index is -0.0472. The third-order valence-corrected chi connectivity index (χ3v) is 6.20. The molecule has 1 aromatic heterocycles. The van der Waals surface area contributed by atoms with Crippen LogP contribution >= 0.6 is 11.8 Å². The zero-order chi connectivity index (χ0) is 19.1. The van der Waals surface area contributed by atoms with Crippen molar-refractivity contribution in [3.05, 3.63) is 40.7 Å². The predicted molar refractivity (Wildman–Crippen MR) is 112 cm³/mol. The molecular formula is C21H29N3O2S. The Balaban J connectivity index is 1.46. The first kappa shape index (κ1) is 20.0. The standard InChI is InChI=1S/C21H29N3O2S/c1-23-18-10-5-4-9-17(18)19(15-21(23)26)27-16-20(25)22-11-8-14-24-12-6-2-3-7-13-24/h4-5,9-10,15H,2-3,6-8,11-14,16H2,1H3,(H,22,25). The summed E-state index contributed by atoms with van der Waals surface area (Å²) >= 11 is 1.43. The monoisotopic (exact) mass is 387 g/mol. The zero-order valence-corrected chi connectivity index (χ0v) is 16.9. The van der Waals surface area contributed by atoms with E-state index in [1.807, 2.05) is 24.3 Å². The van der Waals surface area contributed by atoms with E-state index in [1.165, 1.54) is 50.5 Å². The molecule has 1 N–H and O–H groups in total. The van der Waals surface area contributed by atoms with Crippen LogP contribution in [-0.2, 0) is 11.8 Å². The molecule has 2 heterocycles. The van der Waals surface area contributed by atoms with E-state index in [0.29, 0.717) is 12.3 Å². The number of nitrogens with one attached hydrogen (secondary N) is 1. The molecule has 1 aliphatic rings. The lowest BCUT2D eigenvalue weighted by atomic mass is 10.2. The highest BCUT2D eigenvalue weighted by molar-refractivity contribution is 8.00. The summed E-state index contributed by atoms with van der Waals surface area (Å²) in [6, 6.07) is 9.44. The Labute approximate surface area is 165 Å². The average Bonchev–Trinajstić information content (AvgIpc) is 2.96. The van der Waals surface area contributed by atoms with Crippen molar-refractivity contribution in [2.24, 2.45) is 7.05 Å². The lowest BCUT2D eigenvalue weighted by molar-refractivity contribution is -0.118. The number of para-hydroxylation sites is 1. The largest absolute Gasteiger partial charge is 0.355 e. The van der Waals surface area contributed by atoms with Gasteiger partial charge in [0.1, 0.15) is 0 Å². The van der Waals surface area contributed by atoms with Crippen LogP contribution in [0.1, 0.15) is 32.1 Å². The quantitative estimate of drug-likeness (QED) is 0.586. The minimum Gasteiger partial charge on any atom is -0.355 e. The van der Waals surface area contributed by atoms with Crippen LogP contribution in [0.15, 0.2) is 40.0 Å². The number of benzene rings is 1. The van der Waals surface area contributed by atoms with Crippen molar-refractivity contribution in [1.82, 2.24) is 14.8 Å². The number of hydrogen-bond donors (Lipinski definition) is 1. The molecule has 1 aliphatic heterocycles. The van der Waals surface area contributed by atoms with Gasteiger partial charge in [-0.15, -0.1) is 11.8 Å². The lowest BCUT2D eigenvalue weighted by Gasteiger charge is -2.19. The van der Waals surface area contributed by atoms with Crippen LogP contribution in [-0.4, -0.2) is 47.3 Å². The molecule has 0 radical (unpaired) electrons. The molecule has 2 aromatic rings. The number of carbonyl (C=O) groups excluding carboxylic acids is 1. The second-order valence-corrected chi connectivity index (χ2v) is 8.19. The summed E-state index contributed by atoms with van der Waals surface area (Å²) in [5, 5.41) is 4.02. The van der Waals surface area contributed by atoms with Crippen LogP contribution in [0, 0.1) is 0 Å². The molecule has 5 nitrogen and oxygen atoms in total. The summed E-state index contributed by atoms with van der Waals surface area (Å²) in [5.41, 5.74) is 0.847. The first-order valence-corrected chi connectivity index (χ1v) is 10.8. The van der Waals surface area contributed by atoms with E-state index in [-0.39, 0.29) is 11.5 Å². The molecule has 3 rings (SSSR count). The van der Waals surface area contributed by atoms with Gasteiger partial charge in [0.25, 0.3) is 5.56 Å². The third kappa shape index (κ3) is 5.59. The first-order chi connectivity index (χ1) is 13.1. The summed E-state index contributed by atoms with van der Waals surface area (Å²) in [6.07, 6.45) is 6.29. The highest BCUT2D eigenvalue weighted by atomic mass is 32.2. The fourth-order valence-corrected chi connectivity index (χ4v) is 4.48. The second kappa shape index (κ2) is 9.95. The molecule has 0 unspecified atom stereocenters. The molecule has 1 saturated heterocycles. The first-order valence-electron chi connectivity index (χ1n) is 9.86. The van der Waals surface area contributed by atoms with Gasteiger partial charge in [-0.05, 0) is 45.0 Å². The molecular weight excluding hydrogens is 358 g/mol. The van der Waals surface area contributed by atoms with Crippen LogP contribution in [0.25, 0.3) is 10.9 Å². The summed E-state index contributed by atoms with van der Waals surface area (Å²) in [6.45, 7) is 4.17. The average molecular weight is 388 g/mol. The van der Waals surface area contributed by atoms with Crippen molar-refractivity contribution in [2.75, 3.05) is 31.9 Å². The van der Waals surface area contributed by atoms with Crippen molar-refractivity contribution < 1.29 is 4.79 Å². The Morgan fingerprint density at radius 1 is 1.15 bits per heavy atom. The van der Waals surface area contributed by atoms with Crippen LogP contribution in [0.4, 0.5) is 0 Å². The zero-order valence-electron chi connectivity index (χ0n) is 16.1. The van der Waals surface area contributed by atoms with Gasteiger partial charge >= 0.3 is 0 Å². The summed E-state index contributed by atoms with van der Waals surface area (Å²) in [7, 11) is 1.77. The van der Waals surface area contributed by atoms with Crippen molar-refractivity contribution in [3.8, 4) is 0 Å². The van der Waals surface area contributed by atoms with E-state index in [1.54, 1.807) is 17.7 Å². The van der Waals surface area contributed by atoms with Crippen molar-refractivity contribution >= 4 is 28.6 Å². The topological polar surface area (TPSA) is 54.3 Å². The summed E-state index contributed by atoms with van der Waals surface area (Å²) < 4.78 is 1.64. The number of aryl methyl sites for hydroxylation is 1. The van der Waals surface area contributed by atoms with Gasteiger partial charge in [-0.1, -0.05) is 31.0 Å². The Morgan fingerprint density at radius 2 is 1.89 bits per heavy atom. The smallest absolute Gasteiger partial charge is 0.251 e. The molecule has 27 heavy (non-hydrogen) atoms. The molecule has 0 saturated carbocycles. The molecule has 0 bridgehead atoms. The Hall–Kier alpha value is -1.79. The molecule has 1 fully saturated rings. The number of amides is 1. The Morgan fingerprint density at radius 3 is 2.67 bits per heavy atom. The second-order valence-electron chi connectivity index (χ2n) is 7.17. The summed E-state index contributed by atoms with van der Waals surface area (Å²) in [4.78, 5) is 27.7. The number of nitrogens with zero attached hydrogens (tertiary/aromatic N) is 2. The molecule has 1 aromatic carbocycles. The van der Waals surface area contributed by atoms with Crippen molar-refractivity contribution in [2.45, 2.75) is 37.0 Å². The van der Waals surface area contributed by atoms with E-state index in [0.717, 1.165) is 28.8 Å². The van der Waals surface area contributed by atoms with Crippen LogP contribution in [0.5, 0.6) is 0 Å². The van der Waals surface area contributed by atoms with E-state index in [4.69, 9.17) is 0 Å². The maximum Gasteiger partial charge on any atom is 0.251 e. The maximum absolute atomic E-state index is 12.2. The van der Waals surface area contributed by atoms with E-state index < -0.39 is 0 Å². The number of thioether (sulfide) groups is 1. The number of aromatic nitrogens is 1. The van der Waals surface area contributed by atoms with E-state index >= 15 is 0 Å². The molecule has 0 aliphatic carbocycles. The van der Waals surface area contributed by atoms with Crippen LogP contribution in [0.2, 0.25) is 0 Å². The van der Waals surface area contributed by atoms with Gasteiger partial charge in [0.15, 0.2) is 0 Å². The van der Waals surface area contributed by atoms with Crippen LogP contribution < -0.4 is 10.9 Å². The molecule has 6 heteroatoms. The van der Waals surface area contributed by atoms with Gasteiger partial charge in [-0.2, -0.15) is 0 Å². The van der Waals surface area contributed by atoms with Crippen molar-refractivity contribution in [3.63, 3.8) is 0 Å². The number of carbonyl (C=O) groups is 1. The van der Waals surface area contributed by atoms with E-state index in [2.05, 4.69) is 10.2 Å².